The van der Waals surface area contributed by atoms with E-state index in [1.165, 1.54) is 4.31 Å². The second-order valence-electron chi connectivity index (χ2n) is 6.62. The van der Waals surface area contributed by atoms with Gasteiger partial charge in [-0.15, -0.1) is 0 Å². The zero-order chi connectivity index (χ0) is 18.0. The Morgan fingerprint density at radius 3 is 2.64 bits per heavy atom. The first-order valence-corrected chi connectivity index (χ1v) is 9.74. The molecule has 0 saturated carbocycles. The molecule has 2 aromatic rings. The van der Waals surface area contributed by atoms with Gasteiger partial charge in [0, 0.05) is 52.8 Å². The lowest BCUT2D eigenvalue weighted by Gasteiger charge is -2.33. The fraction of sp³-hybridized carbons (Fsp3) is 0.562. The summed E-state index contributed by atoms with van der Waals surface area (Å²) in [6.07, 6.45) is 9.70. The van der Waals surface area contributed by atoms with Gasteiger partial charge in [-0.05, 0) is 25.2 Å². The smallest absolute Gasteiger partial charge is 0.281 e. The summed E-state index contributed by atoms with van der Waals surface area (Å²) in [5, 5.41) is 0. The molecule has 1 aliphatic heterocycles. The van der Waals surface area contributed by atoms with E-state index >= 15 is 0 Å². The molecule has 1 aliphatic rings. The molecule has 2 aromatic heterocycles. The highest BCUT2D eigenvalue weighted by Gasteiger charge is 2.30. The van der Waals surface area contributed by atoms with Gasteiger partial charge in [-0.25, -0.2) is 9.97 Å². The zero-order valence-electron chi connectivity index (χ0n) is 14.8. The maximum atomic E-state index is 12.3. The van der Waals surface area contributed by atoms with Crippen LogP contribution in [0.2, 0.25) is 0 Å². The monoisotopic (exact) mass is 364 g/mol. The van der Waals surface area contributed by atoms with E-state index in [1.807, 2.05) is 17.8 Å². The summed E-state index contributed by atoms with van der Waals surface area (Å²) < 4.78 is 29.4. The molecule has 8 nitrogen and oxygen atoms in total. The van der Waals surface area contributed by atoms with Gasteiger partial charge in [-0.1, -0.05) is 0 Å². The molecule has 3 heterocycles. The lowest BCUT2D eigenvalue weighted by atomic mass is 9.95. The quantitative estimate of drug-likeness (QED) is 0.788. The molecule has 1 saturated heterocycles. The zero-order valence-corrected chi connectivity index (χ0v) is 15.6. The number of nitrogens with zero attached hydrogens (tertiary/aromatic N) is 6. The molecule has 3 rings (SSSR count). The van der Waals surface area contributed by atoms with Crippen molar-refractivity contribution < 1.29 is 8.42 Å². The molecule has 25 heavy (non-hydrogen) atoms. The average molecular weight is 364 g/mol. The molecule has 1 atom stereocenters. The molecule has 0 spiro atoms. The minimum atomic E-state index is -3.35. The maximum Gasteiger partial charge on any atom is 0.281 e. The third kappa shape index (κ3) is 3.88. The van der Waals surface area contributed by atoms with Crippen molar-refractivity contribution in [1.82, 2.24) is 28.1 Å². The standard InChI is InChI=1S/C16H24N6O2S/c1-20(2)25(23,24)22-7-4-5-13(12-22)9-14-10-19-15(11-18-14)16-17-6-8-21(16)3/h6,8,10-11,13H,4-5,7,9,12H2,1-3H3/t13-/m1/s1. The second kappa shape index (κ2) is 7.19. The van der Waals surface area contributed by atoms with Crippen LogP contribution in [0.1, 0.15) is 18.5 Å². The molecule has 0 unspecified atom stereocenters. The highest BCUT2D eigenvalue weighted by molar-refractivity contribution is 7.86. The van der Waals surface area contributed by atoms with Crippen LogP contribution in [-0.4, -0.2) is 63.7 Å². The van der Waals surface area contributed by atoms with Crippen molar-refractivity contribution in [3.05, 3.63) is 30.5 Å². The predicted octanol–water partition coefficient (Wildman–Crippen LogP) is 0.938. The van der Waals surface area contributed by atoms with E-state index in [0.717, 1.165) is 36.5 Å². The summed E-state index contributed by atoms with van der Waals surface area (Å²) in [5.74, 6) is 1.04. The van der Waals surface area contributed by atoms with Gasteiger partial charge in [0.25, 0.3) is 10.2 Å². The Morgan fingerprint density at radius 1 is 1.24 bits per heavy atom. The van der Waals surface area contributed by atoms with Crippen LogP contribution in [0.4, 0.5) is 0 Å². The molecule has 0 aromatic carbocycles. The van der Waals surface area contributed by atoms with Crippen molar-refractivity contribution in [3.63, 3.8) is 0 Å². The van der Waals surface area contributed by atoms with E-state index < -0.39 is 10.2 Å². The predicted molar refractivity (Wildman–Crippen MR) is 94.8 cm³/mol. The van der Waals surface area contributed by atoms with E-state index in [4.69, 9.17) is 0 Å². The third-order valence-corrected chi connectivity index (χ3v) is 6.43. The summed E-state index contributed by atoms with van der Waals surface area (Å²) in [4.78, 5) is 13.2. The third-order valence-electron chi connectivity index (χ3n) is 4.52. The Hall–Kier alpha value is -1.84. The topological polar surface area (TPSA) is 84.2 Å². The Kier molecular flexibility index (Phi) is 5.16. The van der Waals surface area contributed by atoms with Gasteiger partial charge in [-0.2, -0.15) is 17.0 Å². The minimum Gasteiger partial charge on any atom is -0.333 e. The summed E-state index contributed by atoms with van der Waals surface area (Å²) in [6.45, 7) is 1.12. The second-order valence-corrected chi connectivity index (χ2v) is 8.76. The molecule has 1 fully saturated rings. The first-order chi connectivity index (χ1) is 11.9. The summed E-state index contributed by atoms with van der Waals surface area (Å²) in [6, 6.07) is 0. The van der Waals surface area contributed by atoms with Gasteiger partial charge >= 0.3 is 0 Å². The van der Waals surface area contributed by atoms with Crippen molar-refractivity contribution in [2.24, 2.45) is 13.0 Å². The summed E-state index contributed by atoms with van der Waals surface area (Å²) in [7, 11) is 1.71. The van der Waals surface area contributed by atoms with Crippen LogP contribution >= 0.6 is 0 Å². The van der Waals surface area contributed by atoms with E-state index in [-0.39, 0.29) is 5.92 Å². The van der Waals surface area contributed by atoms with Gasteiger partial charge in [0.05, 0.1) is 11.9 Å². The number of aromatic nitrogens is 4. The lowest BCUT2D eigenvalue weighted by Crippen LogP contribution is -2.45. The average Bonchev–Trinajstić information content (AvgIpc) is 3.02. The molecule has 0 N–H and O–H groups in total. The van der Waals surface area contributed by atoms with Crippen LogP contribution in [0.25, 0.3) is 11.5 Å². The van der Waals surface area contributed by atoms with Crippen molar-refractivity contribution in [3.8, 4) is 11.5 Å². The van der Waals surface area contributed by atoms with Crippen LogP contribution < -0.4 is 0 Å². The number of piperidine rings is 1. The van der Waals surface area contributed by atoms with Crippen LogP contribution in [0.15, 0.2) is 24.8 Å². The highest BCUT2D eigenvalue weighted by atomic mass is 32.2. The summed E-state index contributed by atoms with van der Waals surface area (Å²) in [5.41, 5.74) is 1.61. The van der Waals surface area contributed by atoms with Gasteiger partial charge in [0.15, 0.2) is 5.82 Å². The largest absolute Gasteiger partial charge is 0.333 e. The van der Waals surface area contributed by atoms with Crippen LogP contribution in [-0.2, 0) is 23.7 Å². The molecule has 0 amide bonds. The Bertz CT molecular complexity index is 815. The highest BCUT2D eigenvalue weighted by Crippen LogP contribution is 2.23. The molecule has 9 heteroatoms. The molecular weight excluding hydrogens is 340 g/mol. The number of imidazole rings is 1. The minimum absolute atomic E-state index is 0.261. The van der Waals surface area contributed by atoms with Crippen molar-refractivity contribution in [1.29, 1.82) is 0 Å². The Balaban J connectivity index is 1.67. The Morgan fingerprint density at radius 2 is 2.04 bits per heavy atom. The molecule has 0 radical (unpaired) electrons. The van der Waals surface area contributed by atoms with Crippen molar-refractivity contribution in [2.75, 3.05) is 27.2 Å². The SMILES string of the molecule is CN(C)S(=O)(=O)N1CCC[C@H](Cc2cnc(-c3nccn3C)cn2)C1. The number of hydrogen-bond donors (Lipinski definition) is 0. The molecule has 0 aliphatic carbocycles. The molecule has 0 bridgehead atoms. The van der Waals surface area contributed by atoms with Crippen molar-refractivity contribution in [2.45, 2.75) is 19.3 Å². The number of hydrogen-bond acceptors (Lipinski definition) is 5. The van der Waals surface area contributed by atoms with Gasteiger partial charge in [0.2, 0.25) is 0 Å². The lowest BCUT2D eigenvalue weighted by molar-refractivity contribution is 0.253. The van der Waals surface area contributed by atoms with Crippen LogP contribution in [0.5, 0.6) is 0 Å². The van der Waals surface area contributed by atoms with Crippen molar-refractivity contribution >= 4 is 10.2 Å². The fourth-order valence-electron chi connectivity index (χ4n) is 3.12. The fourth-order valence-corrected chi connectivity index (χ4v) is 4.34. The normalized spacial score (nSPS) is 19.4. The first kappa shape index (κ1) is 18.0. The van der Waals surface area contributed by atoms with Crippen LogP contribution in [0.3, 0.4) is 0 Å². The Labute approximate surface area is 148 Å². The maximum absolute atomic E-state index is 12.3. The van der Waals surface area contributed by atoms with E-state index in [9.17, 15) is 8.42 Å². The molecular formula is C16H24N6O2S. The van der Waals surface area contributed by atoms with E-state index in [2.05, 4.69) is 15.0 Å². The van der Waals surface area contributed by atoms with E-state index in [0.29, 0.717) is 13.1 Å². The molecule has 136 valence electrons. The van der Waals surface area contributed by atoms with E-state index in [1.54, 1.807) is 37.0 Å². The van der Waals surface area contributed by atoms with Gasteiger partial charge in [-0.3, -0.25) is 4.98 Å². The summed E-state index contributed by atoms with van der Waals surface area (Å²) >= 11 is 0. The van der Waals surface area contributed by atoms with Gasteiger partial charge in [0.1, 0.15) is 5.69 Å². The first-order valence-electron chi connectivity index (χ1n) is 8.34. The number of aryl methyl sites for hydroxylation is 1. The van der Waals surface area contributed by atoms with Gasteiger partial charge < -0.3 is 4.57 Å². The van der Waals surface area contributed by atoms with Crippen LogP contribution in [0, 0.1) is 5.92 Å². The number of rotatable bonds is 5.